The van der Waals surface area contributed by atoms with Gasteiger partial charge in [0.1, 0.15) is 5.75 Å². The van der Waals surface area contributed by atoms with Crippen molar-refractivity contribution in [1.82, 2.24) is 4.98 Å². The topological polar surface area (TPSA) is 25.0 Å². The smallest absolute Gasteiger partial charge is 0.119 e. The highest BCUT2D eigenvalue weighted by molar-refractivity contribution is 6.15. The fraction of sp³-hybridized carbons (Fsp3) is 0.0370. The van der Waals surface area contributed by atoms with Crippen molar-refractivity contribution < 1.29 is 4.74 Å². The number of nitrogens with one attached hydrogen (secondary N) is 1. The molecule has 2 nitrogen and oxygen atoms in total. The quantitative estimate of drug-likeness (QED) is 0.339. The highest BCUT2D eigenvalue weighted by atomic mass is 16.5. The summed E-state index contributed by atoms with van der Waals surface area (Å²) < 4.78 is 5.49. The second-order valence-corrected chi connectivity index (χ2v) is 7.10. The van der Waals surface area contributed by atoms with E-state index in [1.165, 1.54) is 33.0 Å². The average Bonchev–Trinajstić information content (AvgIpc) is 3.17. The lowest BCUT2D eigenvalue weighted by Crippen LogP contribution is -1.90. The fourth-order valence-corrected chi connectivity index (χ4v) is 3.93. The van der Waals surface area contributed by atoms with Crippen molar-refractivity contribution in [2.24, 2.45) is 0 Å². The zero-order valence-electron chi connectivity index (χ0n) is 16.2. The highest BCUT2D eigenvalue weighted by Crippen LogP contribution is 2.37. The second-order valence-electron chi connectivity index (χ2n) is 7.10. The Hall–Kier alpha value is -3.78. The molecule has 0 atom stereocenters. The maximum Gasteiger partial charge on any atom is 0.119 e. The first-order valence-corrected chi connectivity index (χ1v) is 9.74. The molecule has 0 aliphatic carbocycles. The Kier molecular flexibility index (Phi) is 4.38. The van der Waals surface area contributed by atoms with Gasteiger partial charge in [-0.2, -0.15) is 0 Å². The summed E-state index contributed by atoms with van der Waals surface area (Å²) in [5.41, 5.74) is 7.02. The van der Waals surface area contributed by atoms with Gasteiger partial charge in [0.05, 0.1) is 7.11 Å². The van der Waals surface area contributed by atoms with Crippen molar-refractivity contribution in [2.75, 3.05) is 7.11 Å². The summed E-state index contributed by atoms with van der Waals surface area (Å²) in [7, 11) is 1.71. The molecular weight excluding hydrogens is 354 g/mol. The number of hydrogen-bond acceptors (Lipinski definition) is 1. The van der Waals surface area contributed by atoms with Gasteiger partial charge in [0.25, 0.3) is 0 Å². The number of fused-ring (bicyclic) bond motifs is 3. The summed E-state index contributed by atoms with van der Waals surface area (Å²) in [5.74, 6) is 0.863. The monoisotopic (exact) mass is 375 g/mol. The predicted molar refractivity (Wildman–Crippen MR) is 122 cm³/mol. The van der Waals surface area contributed by atoms with E-state index >= 15 is 0 Å². The van der Waals surface area contributed by atoms with Crippen molar-refractivity contribution in [1.29, 1.82) is 0 Å². The standard InChI is InChI=1S/C27H21NO/c1-29-21-15-16-25-24(18-21)27-22(13-8-14-26(27)28-25)23(20-11-6-3-7-12-20)17-19-9-4-2-5-10-19/h2-18,28H,1H3/b23-17+. The largest absolute Gasteiger partial charge is 0.497 e. The number of methoxy groups -OCH3 is 1. The van der Waals surface area contributed by atoms with Gasteiger partial charge in [-0.05, 0) is 52.6 Å². The van der Waals surface area contributed by atoms with Crippen LogP contribution in [0.1, 0.15) is 16.7 Å². The molecular formula is C27H21NO. The SMILES string of the molecule is COc1ccc2[nH]c3cccc(/C(=C/c4ccccc4)c4ccccc4)c3c2c1. The first kappa shape index (κ1) is 17.3. The number of aromatic nitrogens is 1. The molecule has 2 heteroatoms. The Morgan fingerprint density at radius 1 is 0.759 bits per heavy atom. The highest BCUT2D eigenvalue weighted by Gasteiger charge is 2.14. The zero-order valence-corrected chi connectivity index (χ0v) is 16.2. The van der Waals surface area contributed by atoms with Gasteiger partial charge in [0, 0.05) is 21.8 Å². The van der Waals surface area contributed by atoms with E-state index in [1.807, 2.05) is 12.1 Å². The summed E-state index contributed by atoms with van der Waals surface area (Å²) in [6.45, 7) is 0. The van der Waals surface area contributed by atoms with Crippen LogP contribution in [-0.2, 0) is 0 Å². The van der Waals surface area contributed by atoms with E-state index < -0.39 is 0 Å². The molecule has 140 valence electrons. The molecule has 5 aromatic rings. The van der Waals surface area contributed by atoms with Gasteiger partial charge in [-0.25, -0.2) is 0 Å². The van der Waals surface area contributed by atoms with E-state index in [1.54, 1.807) is 7.11 Å². The van der Waals surface area contributed by atoms with Gasteiger partial charge in [-0.3, -0.25) is 0 Å². The minimum Gasteiger partial charge on any atom is -0.497 e. The van der Waals surface area contributed by atoms with Crippen molar-refractivity contribution in [3.63, 3.8) is 0 Å². The molecule has 0 bridgehead atoms. The molecule has 0 fully saturated rings. The van der Waals surface area contributed by atoms with Crippen LogP contribution in [0.3, 0.4) is 0 Å². The number of hydrogen-bond donors (Lipinski definition) is 1. The summed E-state index contributed by atoms with van der Waals surface area (Å²) >= 11 is 0. The minimum atomic E-state index is 0.863. The van der Waals surface area contributed by atoms with E-state index in [0.717, 1.165) is 16.8 Å². The van der Waals surface area contributed by atoms with Crippen LogP contribution in [0.25, 0.3) is 33.5 Å². The summed E-state index contributed by atoms with van der Waals surface area (Å²) in [5, 5.41) is 2.39. The van der Waals surface area contributed by atoms with Crippen LogP contribution >= 0.6 is 0 Å². The molecule has 0 aliphatic heterocycles. The van der Waals surface area contributed by atoms with Crippen molar-refractivity contribution in [3.05, 3.63) is 114 Å². The molecule has 0 aliphatic rings. The van der Waals surface area contributed by atoms with Crippen LogP contribution in [0, 0.1) is 0 Å². The molecule has 0 spiro atoms. The van der Waals surface area contributed by atoms with Crippen molar-refractivity contribution in [3.8, 4) is 5.75 Å². The Balaban J connectivity index is 1.83. The molecule has 1 N–H and O–H groups in total. The van der Waals surface area contributed by atoms with Gasteiger partial charge >= 0.3 is 0 Å². The molecule has 0 radical (unpaired) electrons. The van der Waals surface area contributed by atoms with Crippen LogP contribution in [-0.4, -0.2) is 12.1 Å². The lowest BCUT2D eigenvalue weighted by atomic mass is 9.92. The first-order valence-electron chi connectivity index (χ1n) is 9.74. The molecule has 4 aromatic carbocycles. The first-order chi connectivity index (χ1) is 14.3. The lowest BCUT2D eigenvalue weighted by Gasteiger charge is -2.11. The van der Waals surface area contributed by atoms with Crippen molar-refractivity contribution in [2.45, 2.75) is 0 Å². The van der Waals surface area contributed by atoms with E-state index in [9.17, 15) is 0 Å². The van der Waals surface area contributed by atoms with Gasteiger partial charge in [-0.15, -0.1) is 0 Å². The number of H-pyrrole nitrogens is 1. The van der Waals surface area contributed by atoms with Crippen LogP contribution in [0.15, 0.2) is 97.1 Å². The molecule has 0 saturated carbocycles. The maximum absolute atomic E-state index is 5.49. The van der Waals surface area contributed by atoms with Gasteiger partial charge in [-0.1, -0.05) is 72.8 Å². The molecule has 1 heterocycles. The Morgan fingerprint density at radius 3 is 2.28 bits per heavy atom. The minimum absolute atomic E-state index is 0.863. The molecule has 1 aromatic heterocycles. The van der Waals surface area contributed by atoms with Crippen LogP contribution in [0.5, 0.6) is 5.75 Å². The van der Waals surface area contributed by atoms with Crippen molar-refractivity contribution >= 4 is 33.5 Å². The number of benzene rings is 4. The third kappa shape index (κ3) is 3.19. The number of ether oxygens (including phenoxy) is 1. The Bertz CT molecular complexity index is 1310. The predicted octanol–water partition coefficient (Wildman–Crippen LogP) is 6.92. The normalized spacial score (nSPS) is 11.8. The Morgan fingerprint density at radius 2 is 1.52 bits per heavy atom. The van der Waals surface area contributed by atoms with E-state index in [-0.39, 0.29) is 0 Å². The third-order valence-corrected chi connectivity index (χ3v) is 5.32. The van der Waals surface area contributed by atoms with E-state index in [2.05, 4.69) is 96.0 Å². The van der Waals surface area contributed by atoms with Crippen LogP contribution in [0.4, 0.5) is 0 Å². The number of rotatable bonds is 4. The molecule has 5 rings (SSSR count). The lowest BCUT2D eigenvalue weighted by molar-refractivity contribution is 0.415. The third-order valence-electron chi connectivity index (χ3n) is 5.32. The van der Waals surface area contributed by atoms with Gasteiger partial charge in [0.15, 0.2) is 0 Å². The fourth-order valence-electron chi connectivity index (χ4n) is 3.93. The Labute approximate surface area is 170 Å². The van der Waals surface area contributed by atoms with Gasteiger partial charge < -0.3 is 9.72 Å². The van der Waals surface area contributed by atoms with Crippen LogP contribution in [0.2, 0.25) is 0 Å². The molecule has 0 unspecified atom stereocenters. The average molecular weight is 375 g/mol. The molecule has 0 amide bonds. The van der Waals surface area contributed by atoms with E-state index in [0.29, 0.717) is 0 Å². The summed E-state index contributed by atoms with van der Waals surface area (Å²) in [6, 6.07) is 33.7. The number of aromatic amines is 1. The molecule has 0 saturated heterocycles. The van der Waals surface area contributed by atoms with Gasteiger partial charge in [0.2, 0.25) is 0 Å². The maximum atomic E-state index is 5.49. The second kappa shape index (κ2) is 7.33. The summed E-state index contributed by atoms with van der Waals surface area (Å²) in [4.78, 5) is 3.56. The summed E-state index contributed by atoms with van der Waals surface area (Å²) in [6.07, 6.45) is 2.27. The zero-order chi connectivity index (χ0) is 19.6. The van der Waals surface area contributed by atoms with E-state index in [4.69, 9.17) is 4.74 Å². The van der Waals surface area contributed by atoms with Crippen LogP contribution < -0.4 is 4.74 Å². The molecule has 29 heavy (non-hydrogen) atoms.